The molecule has 1 aromatic carbocycles. The molecule has 0 radical (unpaired) electrons. The second kappa shape index (κ2) is 5.24. The Morgan fingerprint density at radius 1 is 1.43 bits per heavy atom. The Kier molecular flexibility index (Phi) is 3.41. The molecule has 1 aliphatic heterocycles. The van der Waals surface area contributed by atoms with Gasteiger partial charge >= 0.3 is 0 Å². The summed E-state index contributed by atoms with van der Waals surface area (Å²) in [6.07, 6.45) is 2.63. The first kappa shape index (κ1) is 13.7. The van der Waals surface area contributed by atoms with E-state index in [1.165, 1.54) is 0 Å². The normalized spacial score (nSPS) is 20.5. The highest BCUT2D eigenvalue weighted by molar-refractivity contribution is 5.97. The van der Waals surface area contributed by atoms with E-state index in [1.807, 2.05) is 44.4 Å². The van der Waals surface area contributed by atoms with Gasteiger partial charge in [-0.15, -0.1) is 0 Å². The van der Waals surface area contributed by atoms with Crippen LogP contribution in [0.2, 0.25) is 0 Å². The van der Waals surface area contributed by atoms with Crippen molar-refractivity contribution in [2.45, 2.75) is 32.2 Å². The highest BCUT2D eigenvalue weighted by Crippen LogP contribution is 2.34. The Balaban J connectivity index is 1.86. The van der Waals surface area contributed by atoms with Crippen LogP contribution in [-0.2, 0) is 11.8 Å². The summed E-state index contributed by atoms with van der Waals surface area (Å²) in [4.78, 5) is 12.7. The zero-order valence-electron chi connectivity index (χ0n) is 12.6. The number of nitrogens with one attached hydrogen (secondary N) is 2. The van der Waals surface area contributed by atoms with Gasteiger partial charge in [0.1, 0.15) is 0 Å². The molecule has 2 N–H and O–H groups in total. The number of amides is 1. The molecule has 5 heteroatoms. The molecule has 5 nitrogen and oxygen atoms in total. The summed E-state index contributed by atoms with van der Waals surface area (Å²) in [6, 6.07) is 8.30. The van der Waals surface area contributed by atoms with Crippen molar-refractivity contribution < 1.29 is 4.79 Å². The van der Waals surface area contributed by atoms with Gasteiger partial charge in [0.25, 0.3) is 0 Å². The number of anilines is 2. The van der Waals surface area contributed by atoms with Gasteiger partial charge in [-0.3, -0.25) is 9.48 Å². The average Bonchev–Trinajstić information content (AvgIpc) is 2.75. The van der Waals surface area contributed by atoms with Gasteiger partial charge in [0.05, 0.1) is 17.3 Å². The van der Waals surface area contributed by atoms with Crippen molar-refractivity contribution in [2.24, 2.45) is 7.05 Å². The van der Waals surface area contributed by atoms with Gasteiger partial charge in [-0.25, -0.2) is 0 Å². The highest BCUT2D eigenvalue weighted by atomic mass is 16.1. The van der Waals surface area contributed by atoms with Crippen molar-refractivity contribution in [3.05, 3.63) is 41.7 Å². The lowest BCUT2D eigenvalue weighted by Gasteiger charge is -2.30. The van der Waals surface area contributed by atoms with Crippen LogP contribution in [0, 0.1) is 6.92 Å². The Morgan fingerprint density at radius 2 is 2.19 bits per heavy atom. The number of rotatable bonds is 2. The number of fused-ring (bicyclic) bond motifs is 1. The van der Waals surface area contributed by atoms with E-state index in [0.717, 1.165) is 29.1 Å². The average molecular weight is 284 g/mol. The number of para-hydroxylation sites is 1. The van der Waals surface area contributed by atoms with E-state index in [-0.39, 0.29) is 17.9 Å². The molecule has 0 aliphatic carbocycles. The topological polar surface area (TPSA) is 59.0 Å². The lowest BCUT2D eigenvalue weighted by Crippen LogP contribution is -2.32. The van der Waals surface area contributed by atoms with Crippen LogP contribution in [0.15, 0.2) is 30.5 Å². The van der Waals surface area contributed by atoms with E-state index in [2.05, 4.69) is 22.7 Å². The fourth-order valence-electron chi connectivity index (χ4n) is 2.93. The molecular weight excluding hydrogens is 264 g/mol. The third-order valence-corrected chi connectivity index (χ3v) is 3.92. The predicted octanol–water partition coefficient (Wildman–Crippen LogP) is 2.65. The van der Waals surface area contributed by atoms with Gasteiger partial charge in [0.2, 0.25) is 5.91 Å². The van der Waals surface area contributed by atoms with Crippen molar-refractivity contribution in [1.82, 2.24) is 9.78 Å². The Bertz CT molecular complexity index is 677. The Hall–Kier alpha value is -2.30. The second-order valence-corrected chi connectivity index (χ2v) is 5.71. The zero-order chi connectivity index (χ0) is 15.0. The van der Waals surface area contributed by atoms with E-state index in [4.69, 9.17) is 0 Å². The third kappa shape index (κ3) is 2.63. The number of aromatic nitrogens is 2. The molecule has 2 atom stereocenters. The maximum absolute atomic E-state index is 12.7. The number of hydrogen-bond donors (Lipinski definition) is 2. The number of hydrogen-bond acceptors (Lipinski definition) is 3. The molecule has 1 amide bonds. The molecule has 0 saturated carbocycles. The second-order valence-electron chi connectivity index (χ2n) is 5.71. The van der Waals surface area contributed by atoms with Crippen LogP contribution >= 0.6 is 0 Å². The Labute approximate surface area is 124 Å². The molecule has 110 valence electrons. The first-order valence-electron chi connectivity index (χ1n) is 7.21. The van der Waals surface area contributed by atoms with Crippen molar-refractivity contribution in [1.29, 1.82) is 0 Å². The van der Waals surface area contributed by atoms with Gasteiger partial charge < -0.3 is 10.6 Å². The molecule has 0 saturated heterocycles. The van der Waals surface area contributed by atoms with Crippen molar-refractivity contribution in [2.75, 3.05) is 10.6 Å². The molecule has 2 heterocycles. The highest BCUT2D eigenvalue weighted by Gasteiger charge is 2.29. The fraction of sp³-hybridized carbons (Fsp3) is 0.375. The van der Waals surface area contributed by atoms with Gasteiger partial charge in [0, 0.05) is 25.0 Å². The number of benzene rings is 1. The first-order chi connectivity index (χ1) is 10.0. The fourth-order valence-corrected chi connectivity index (χ4v) is 2.93. The summed E-state index contributed by atoms with van der Waals surface area (Å²) in [5.41, 5.74) is 3.74. The van der Waals surface area contributed by atoms with E-state index < -0.39 is 0 Å². The molecule has 21 heavy (non-hydrogen) atoms. The van der Waals surface area contributed by atoms with E-state index in [0.29, 0.717) is 0 Å². The standard InChI is InChI=1S/C16H20N4O/c1-10-8-13(12-6-4-5-7-14(12)17-10)16(21)18-15-9-20(3)19-11(15)2/h4-7,9-10,13,17H,8H2,1-3H3,(H,18,21). The minimum atomic E-state index is -0.128. The molecule has 0 spiro atoms. The van der Waals surface area contributed by atoms with E-state index in [9.17, 15) is 4.79 Å². The maximum atomic E-state index is 12.7. The maximum Gasteiger partial charge on any atom is 0.232 e. The van der Waals surface area contributed by atoms with Crippen LogP contribution in [0.4, 0.5) is 11.4 Å². The molecular formula is C16H20N4O. The number of aryl methyl sites for hydroxylation is 2. The van der Waals surface area contributed by atoms with Crippen molar-refractivity contribution >= 4 is 17.3 Å². The minimum absolute atomic E-state index is 0.0342. The zero-order valence-corrected chi connectivity index (χ0v) is 12.6. The van der Waals surface area contributed by atoms with Crippen molar-refractivity contribution in [3.63, 3.8) is 0 Å². The summed E-state index contributed by atoms with van der Waals surface area (Å²) < 4.78 is 1.71. The number of nitrogens with zero attached hydrogens (tertiary/aromatic N) is 2. The largest absolute Gasteiger partial charge is 0.382 e. The smallest absolute Gasteiger partial charge is 0.232 e. The molecule has 1 aliphatic rings. The van der Waals surface area contributed by atoms with Crippen LogP contribution in [0.5, 0.6) is 0 Å². The summed E-state index contributed by atoms with van der Waals surface area (Å²) in [5, 5.41) is 10.7. The monoisotopic (exact) mass is 284 g/mol. The molecule has 0 fully saturated rings. The minimum Gasteiger partial charge on any atom is -0.382 e. The lowest BCUT2D eigenvalue weighted by molar-refractivity contribution is -0.117. The predicted molar refractivity (Wildman–Crippen MR) is 83.5 cm³/mol. The van der Waals surface area contributed by atoms with Gasteiger partial charge in [0.15, 0.2) is 0 Å². The molecule has 2 aromatic rings. The third-order valence-electron chi connectivity index (χ3n) is 3.92. The van der Waals surface area contributed by atoms with Crippen LogP contribution in [-0.4, -0.2) is 21.7 Å². The van der Waals surface area contributed by atoms with Gasteiger partial charge in [-0.1, -0.05) is 18.2 Å². The SMILES string of the molecule is Cc1nn(C)cc1NC(=O)C1CC(C)Nc2ccccc21. The lowest BCUT2D eigenvalue weighted by atomic mass is 9.87. The van der Waals surface area contributed by atoms with Gasteiger partial charge in [-0.2, -0.15) is 5.10 Å². The van der Waals surface area contributed by atoms with Crippen LogP contribution in [0.3, 0.4) is 0 Å². The van der Waals surface area contributed by atoms with E-state index in [1.54, 1.807) is 4.68 Å². The van der Waals surface area contributed by atoms with Gasteiger partial charge in [-0.05, 0) is 31.9 Å². The summed E-state index contributed by atoms with van der Waals surface area (Å²) in [5.74, 6) is -0.0936. The van der Waals surface area contributed by atoms with Crippen molar-refractivity contribution in [3.8, 4) is 0 Å². The van der Waals surface area contributed by atoms with Crippen LogP contribution in [0.25, 0.3) is 0 Å². The summed E-state index contributed by atoms with van der Waals surface area (Å²) in [7, 11) is 1.85. The molecule has 1 aromatic heterocycles. The summed E-state index contributed by atoms with van der Waals surface area (Å²) >= 11 is 0. The Morgan fingerprint density at radius 3 is 2.90 bits per heavy atom. The first-order valence-corrected chi connectivity index (χ1v) is 7.21. The quantitative estimate of drug-likeness (QED) is 0.891. The summed E-state index contributed by atoms with van der Waals surface area (Å²) in [6.45, 7) is 4.00. The van der Waals surface area contributed by atoms with Crippen LogP contribution in [0.1, 0.15) is 30.5 Å². The number of carbonyl (C=O) groups is 1. The van der Waals surface area contributed by atoms with Crippen LogP contribution < -0.4 is 10.6 Å². The number of carbonyl (C=O) groups excluding carboxylic acids is 1. The molecule has 2 unspecified atom stereocenters. The molecule has 0 bridgehead atoms. The molecule has 3 rings (SSSR count). The van der Waals surface area contributed by atoms with E-state index >= 15 is 0 Å².